The monoisotopic (exact) mass is 241 g/mol. The summed E-state index contributed by atoms with van der Waals surface area (Å²) in [6, 6.07) is 10.5. The molecule has 3 nitrogen and oxygen atoms in total. The predicted octanol–water partition coefficient (Wildman–Crippen LogP) is 3.12. The SMILES string of the molecule is CCC(C)c1ccc(-c2cc(CN)ncn2)cc1. The minimum Gasteiger partial charge on any atom is -0.325 e. The fourth-order valence-electron chi connectivity index (χ4n) is 1.89. The Morgan fingerprint density at radius 3 is 2.50 bits per heavy atom. The van der Waals surface area contributed by atoms with E-state index in [1.165, 1.54) is 5.56 Å². The van der Waals surface area contributed by atoms with Gasteiger partial charge in [-0.25, -0.2) is 9.97 Å². The van der Waals surface area contributed by atoms with Crippen molar-refractivity contribution in [3.8, 4) is 11.3 Å². The van der Waals surface area contributed by atoms with Crippen molar-refractivity contribution in [1.29, 1.82) is 0 Å². The van der Waals surface area contributed by atoms with E-state index in [1.54, 1.807) is 6.33 Å². The van der Waals surface area contributed by atoms with Gasteiger partial charge in [0.1, 0.15) is 6.33 Å². The summed E-state index contributed by atoms with van der Waals surface area (Å²) in [7, 11) is 0. The third-order valence-corrected chi connectivity index (χ3v) is 3.32. The van der Waals surface area contributed by atoms with Crippen molar-refractivity contribution in [3.05, 3.63) is 47.9 Å². The molecule has 0 spiro atoms. The second kappa shape index (κ2) is 5.74. The van der Waals surface area contributed by atoms with Crippen molar-refractivity contribution in [3.63, 3.8) is 0 Å². The lowest BCUT2D eigenvalue weighted by molar-refractivity contribution is 0.734. The van der Waals surface area contributed by atoms with Crippen molar-refractivity contribution < 1.29 is 0 Å². The molecule has 2 N–H and O–H groups in total. The highest BCUT2D eigenvalue weighted by molar-refractivity contribution is 5.59. The topological polar surface area (TPSA) is 51.8 Å². The molecular weight excluding hydrogens is 222 g/mol. The molecule has 2 aromatic rings. The molecule has 0 saturated carbocycles. The van der Waals surface area contributed by atoms with E-state index >= 15 is 0 Å². The Hall–Kier alpha value is -1.74. The fraction of sp³-hybridized carbons (Fsp3) is 0.333. The van der Waals surface area contributed by atoms with Gasteiger partial charge in [0, 0.05) is 12.1 Å². The van der Waals surface area contributed by atoms with Crippen LogP contribution < -0.4 is 5.73 Å². The van der Waals surface area contributed by atoms with Gasteiger partial charge < -0.3 is 5.73 Å². The molecule has 1 unspecified atom stereocenters. The molecular formula is C15H19N3. The van der Waals surface area contributed by atoms with Gasteiger partial charge in [-0.3, -0.25) is 0 Å². The van der Waals surface area contributed by atoms with Crippen LogP contribution in [0.5, 0.6) is 0 Å². The second-order valence-corrected chi connectivity index (χ2v) is 4.53. The summed E-state index contributed by atoms with van der Waals surface area (Å²) >= 11 is 0. The third kappa shape index (κ3) is 2.74. The molecule has 0 saturated heterocycles. The second-order valence-electron chi connectivity index (χ2n) is 4.53. The highest BCUT2D eigenvalue weighted by Crippen LogP contribution is 2.23. The standard InChI is InChI=1S/C15H19N3/c1-3-11(2)12-4-6-13(7-5-12)15-8-14(9-16)17-10-18-15/h4-8,10-11H,3,9,16H2,1-2H3. The smallest absolute Gasteiger partial charge is 0.116 e. The lowest BCUT2D eigenvalue weighted by Gasteiger charge is -2.09. The molecule has 2 rings (SSSR count). The molecule has 0 radical (unpaired) electrons. The van der Waals surface area contributed by atoms with E-state index in [0.29, 0.717) is 12.5 Å². The summed E-state index contributed by atoms with van der Waals surface area (Å²) in [5, 5.41) is 0. The number of hydrogen-bond acceptors (Lipinski definition) is 3. The largest absolute Gasteiger partial charge is 0.325 e. The lowest BCUT2D eigenvalue weighted by atomic mass is 9.97. The van der Waals surface area contributed by atoms with Crippen molar-refractivity contribution in [2.24, 2.45) is 5.73 Å². The quantitative estimate of drug-likeness (QED) is 0.894. The van der Waals surface area contributed by atoms with Crippen LogP contribution in [0.25, 0.3) is 11.3 Å². The van der Waals surface area contributed by atoms with Gasteiger partial charge in [0.2, 0.25) is 0 Å². The summed E-state index contributed by atoms with van der Waals surface area (Å²) in [4.78, 5) is 8.39. The first kappa shape index (κ1) is 12.7. The van der Waals surface area contributed by atoms with Gasteiger partial charge >= 0.3 is 0 Å². The Labute approximate surface area is 108 Å². The summed E-state index contributed by atoms with van der Waals surface area (Å²) in [6.07, 6.45) is 2.73. The molecule has 18 heavy (non-hydrogen) atoms. The van der Waals surface area contributed by atoms with Gasteiger partial charge in [0.05, 0.1) is 11.4 Å². The highest BCUT2D eigenvalue weighted by Gasteiger charge is 2.04. The number of hydrogen-bond donors (Lipinski definition) is 1. The maximum Gasteiger partial charge on any atom is 0.116 e. The molecule has 1 heterocycles. The summed E-state index contributed by atoms with van der Waals surface area (Å²) < 4.78 is 0. The first-order chi connectivity index (χ1) is 8.74. The van der Waals surface area contributed by atoms with E-state index in [9.17, 15) is 0 Å². The van der Waals surface area contributed by atoms with Gasteiger partial charge in [-0.15, -0.1) is 0 Å². The minimum atomic E-state index is 0.445. The van der Waals surface area contributed by atoms with Gasteiger partial charge in [-0.05, 0) is 24.0 Å². The molecule has 0 aliphatic rings. The van der Waals surface area contributed by atoms with Crippen LogP contribution in [-0.4, -0.2) is 9.97 Å². The van der Waals surface area contributed by atoms with Crippen LogP contribution in [0.3, 0.4) is 0 Å². The van der Waals surface area contributed by atoms with Crippen LogP contribution in [0.4, 0.5) is 0 Å². The maximum atomic E-state index is 5.59. The molecule has 1 aromatic carbocycles. The maximum absolute atomic E-state index is 5.59. The normalized spacial score (nSPS) is 12.4. The predicted molar refractivity (Wildman–Crippen MR) is 74.1 cm³/mol. The van der Waals surface area contributed by atoms with Gasteiger partial charge in [-0.2, -0.15) is 0 Å². The van der Waals surface area contributed by atoms with E-state index in [2.05, 4.69) is 48.1 Å². The molecule has 0 aliphatic carbocycles. The Balaban J connectivity index is 2.28. The number of aromatic nitrogens is 2. The summed E-state index contributed by atoms with van der Waals surface area (Å²) in [6.45, 7) is 4.89. The van der Waals surface area contributed by atoms with Crippen LogP contribution in [0, 0.1) is 0 Å². The zero-order valence-electron chi connectivity index (χ0n) is 10.9. The highest BCUT2D eigenvalue weighted by atomic mass is 14.8. The van der Waals surface area contributed by atoms with Crippen LogP contribution in [0.2, 0.25) is 0 Å². The Kier molecular flexibility index (Phi) is 4.05. The molecule has 0 amide bonds. The average molecular weight is 241 g/mol. The molecule has 0 aliphatic heterocycles. The van der Waals surface area contributed by atoms with Crippen LogP contribution >= 0.6 is 0 Å². The van der Waals surface area contributed by atoms with E-state index in [1.807, 2.05) is 6.07 Å². The van der Waals surface area contributed by atoms with Crippen LogP contribution in [-0.2, 0) is 6.54 Å². The van der Waals surface area contributed by atoms with Crippen molar-refractivity contribution >= 4 is 0 Å². The number of benzene rings is 1. The zero-order chi connectivity index (χ0) is 13.0. The van der Waals surface area contributed by atoms with Gasteiger partial charge in [-0.1, -0.05) is 38.1 Å². The molecule has 1 aromatic heterocycles. The van der Waals surface area contributed by atoms with Crippen molar-refractivity contribution in [2.45, 2.75) is 32.7 Å². The zero-order valence-corrected chi connectivity index (χ0v) is 10.9. The van der Waals surface area contributed by atoms with E-state index in [0.717, 1.165) is 23.4 Å². The lowest BCUT2D eigenvalue weighted by Crippen LogP contribution is -2.00. The van der Waals surface area contributed by atoms with Gasteiger partial charge in [0.15, 0.2) is 0 Å². The first-order valence-electron chi connectivity index (χ1n) is 6.36. The van der Waals surface area contributed by atoms with Crippen LogP contribution in [0.15, 0.2) is 36.7 Å². The summed E-state index contributed by atoms with van der Waals surface area (Å²) in [5.74, 6) is 0.601. The van der Waals surface area contributed by atoms with E-state index in [-0.39, 0.29) is 0 Å². The van der Waals surface area contributed by atoms with Crippen LogP contribution in [0.1, 0.15) is 37.4 Å². The Morgan fingerprint density at radius 1 is 1.17 bits per heavy atom. The molecule has 3 heteroatoms. The molecule has 0 fully saturated rings. The Bertz CT molecular complexity index is 505. The van der Waals surface area contributed by atoms with Crippen molar-refractivity contribution in [1.82, 2.24) is 9.97 Å². The van der Waals surface area contributed by atoms with Gasteiger partial charge in [0.25, 0.3) is 0 Å². The number of nitrogens with two attached hydrogens (primary N) is 1. The minimum absolute atomic E-state index is 0.445. The first-order valence-corrected chi connectivity index (χ1v) is 6.36. The van der Waals surface area contributed by atoms with E-state index < -0.39 is 0 Å². The molecule has 0 bridgehead atoms. The average Bonchev–Trinajstić information content (AvgIpc) is 2.46. The third-order valence-electron chi connectivity index (χ3n) is 3.32. The number of nitrogens with zero attached hydrogens (tertiary/aromatic N) is 2. The summed E-state index contributed by atoms with van der Waals surface area (Å²) in [5.41, 5.74) is 9.87. The molecule has 1 atom stereocenters. The van der Waals surface area contributed by atoms with E-state index in [4.69, 9.17) is 5.73 Å². The van der Waals surface area contributed by atoms with Crippen molar-refractivity contribution in [2.75, 3.05) is 0 Å². The fourth-order valence-corrected chi connectivity index (χ4v) is 1.89. The Morgan fingerprint density at radius 2 is 1.89 bits per heavy atom. The number of rotatable bonds is 4. The molecule has 94 valence electrons.